The first-order valence-corrected chi connectivity index (χ1v) is 10.1. The van der Waals surface area contributed by atoms with Gasteiger partial charge in [-0.3, -0.25) is 20.2 Å². The molecule has 0 spiro atoms. The van der Waals surface area contributed by atoms with E-state index in [1.54, 1.807) is 17.2 Å². The van der Waals surface area contributed by atoms with Gasteiger partial charge in [-0.1, -0.05) is 41.4 Å². The summed E-state index contributed by atoms with van der Waals surface area (Å²) in [6, 6.07) is 13.4. The fourth-order valence-electron chi connectivity index (χ4n) is 3.00. The molecule has 0 aliphatic rings. The zero-order chi connectivity index (χ0) is 23.4. The second kappa shape index (κ2) is 9.49. The van der Waals surface area contributed by atoms with Crippen molar-refractivity contribution in [2.75, 3.05) is 5.32 Å². The van der Waals surface area contributed by atoms with Crippen LogP contribution in [-0.4, -0.2) is 35.4 Å². The molecule has 4 aromatic rings. The van der Waals surface area contributed by atoms with Crippen molar-refractivity contribution in [1.82, 2.24) is 24.5 Å². The maximum atomic E-state index is 12.5. The standard InChI is InChI=1S/C21H18ClN7O4/c1-14-3-2-4-15(9-14)11-28-12-23-21(26-28)24-20(30)18-7-8-27(25-18)13-33-19-6-5-16(29(31)32)10-17(19)22/h2-10,12H,11,13H2,1H3,(H,24,26,30). The summed E-state index contributed by atoms with van der Waals surface area (Å²) in [7, 11) is 0. The molecule has 11 nitrogen and oxygen atoms in total. The third kappa shape index (κ3) is 5.52. The number of non-ortho nitro benzene ring substituents is 1. The normalized spacial score (nSPS) is 10.7. The van der Waals surface area contributed by atoms with Gasteiger partial charge in [-0.05, 0) is 24.6 Å². The van der Waals surface area contributed by atoms with Crippen LogP contribution in [0, 0.1) is 17.0 Å². The van der Waals surface area contributed by atoms with Gasteiger partial charge in [0.15, 0.2) is 12.4 Å². The quantitative estimate of drug-likeness (QED) is 0.309. The van der Waals surface area contributed by atoms with Gasteiger partial charge in [-0.15, -0.1) is 5.10 Å². The summed E-state index contributed by atoms with van der Waals surface area (Å²) in [5.74, 6) is -0.0568. The number of aromatic nitrogens is 5. The number of hydrogen-bond acceptors (Lipinski definition) is 7. The molecular weight excluding hydrogens is 450 g/mol. The highest BCUT2D eigenvalue weighted by Gasteiger charge is 2.14. The lowest BCUT2D eigenvalue weighted by Crippen LogP contribution is -2.15. The summed E-state index contributed by atoms with van der Waals surface area (Å²) in [6.45, 7) is 2.50. The van der Waals surface area contributed by atoms with Gasteiger partial charge in [-0.25, -0.2) is 14.3 Å². The molecule has 0 unspecified atom stereocenters. The van der Waals surface area contributed by atoms with Gasteiger partial charge in [0.1, 0.15) is 12.1 Å². The molecule has 0 saturated carbocycles. The molecular formula is C21H18ClN7O4. The SMILES string of the molecule is Cc1cccc(Cn2cnc(NC(=O)c3ccn(COc4ccc([N+](=O)[O-])cc4Cl)n3)n2)c1. The minimum absolute atomic E-state index is 0.0474. The molecule has 0 saturated heterocycles. The van der Waals surface area contributed by atoms with E-state index in [0.717, 1.165) is 11.1 Å². The lowest BCUT2D eigenvalue weighted by atomic mass is 10.1. The summed E-state index contributed by atoms with van der Waals surface area (Å²) >= 11 is 6.01. The van der Waals surface area contributed by atoms with E-state index >= 15 is 0 Å². The molecule has 2 aromatic carbocycles. The lowest BCUT2D eigenvalue weighted by Gasteiger charge is -2.07. The summed E-state index contributed by atoms with van der Waals surface area (Å²) in [4.78, 5) is 26.8. The van der Waals surface area contributed by atoms with Crippen LogP contribution in [0.1, 0.15) is 21.6 Å². The molecule has 0 aliphatic carbocycles. The maximum absolute atomic E-state index is 12.5. The van der Waals surface area contributed by atoms with Crippen molar-refractivity contribution in [3.05, 3.63) is 93.0 Å². The highest BCUT2D eigenvalue weighted by molar-refractivity contribution is 6.32. The molecule has 1 N–H and O–H groups in total. The Labute approximate surface area is 192 Å². The van der Waals surface area contributed by atoms with Crippen LogP contribution in [0.5, 0.6) is 5.75 Å². The number of benzene rings is 2. The van der Waals surface area contributed by atoms with E-state index in [1.165, 1.54) is 28.9 Å². The first kappa shape index (κ1) is 22.0. The number of halogens is 1. The molecule has 4 rings (SSSR count). The van der Waals surface area contributed by atoms with Gasteiger partial charge in [0, 0.05) is 18.3 Å². The van der Waals surface area contributed by atoms with Crippen LogP contribution >= 0.6 is 11.6 Å². The Balaban J connectivity index is 1.34. The Hall–Kier alpha value is -4.25. The smallest absolute Gasteiger partial charge is 0.278 e. The molecule has 33 heavy (non-hydrogen) atoms. The Morgan fingerprint density at radius 2 is 2.03 bits per heavy atom. The van der Waals surface area contributed by atoms with E-state index in [9.17, 15) is 14.9 Å². The highest BCUT2D eigenvalue weighted by Crippen LogP contribution is 2.28. The van der Waals surface area contributed by atoms with E-state index < -0.39 is 10.8 Å². The molecule has 0 radical (unpaired) electrons. The van der Waals surface area contributed by atoms with E-state index in [1.807, 2.05) is 25.1 Å². The van der Waals surface area contributed by atoms with Crippen LogP contribution < -0.4 is 10.1 Å². The number of carbonyl (C=O) groups is 1. The minimum atomic E-state index is -0.547. The summed E-state index contributed by atoms with van der Waals surface area (Å²) in [6.07, 6.45) is 3.09. The second-order valence-corrected chi connectivity index (χ2v) is 7.50. The molecule has 1 amide bonds. The minimum Gasteiger partial charge on any atom is -0.470 e. The second-order valence-electron chi connectivity index (χ2n) is 7.09. The topological polar surface area (TPSA) is 130 Å². The molecule has 2 aromatic heterocycles. The van der Waals surface area contributed by atoms with Crippen LogP contribution in [0.2, 0.25) is 5.02 Å². The zero-order valence-electron chi connectivity index (χ0n) is 17.4. The number of rotatable bonds is 8. The largest absolute Gasteiger partial charge is 0.470 e. The number of amides is 1. The Morgan fingerprint density at radius 1 is 1.18 bits per heavy atom. The maximum Gasteiger partial charge on any atom is 0.278 e. The number of nitrogens with one attached hydrogen (secondary N) is 1. The van der Waals surface area contributed by atoms with Crippen molar-refractivity contribution in [2.45, 2.75) is 20.2 Å². The van der Waals surface area contributed by atoms with Crippen LogP contribution in [0.4, 0.5) is 11.6 Å². The van der Waals surface area contributed by atoms with Crippen molar-refractivity contribution < 1.29 is 14.5 Å². The first-order chi connectivity index (χ1) is 15.9. The van der Waals surface area contributed by atoms with Crippen molar-refractivity contribution in [3.8, 4) is 5.75 Å². The predicted molar refractivity (Wildman–Crippen MR) is 119 cm³/mol. The fraction of sp³-hybridized carbons (Fsp3) is 0.143. The van der Waals surface area contributed by atoms with E-state index in [4.69, 9.17) is 16.3 Å². The van der Waals surface area contributed by atoms with Gasteiger partial charge < -0.3 is 4.74 Å². The van der Waals surface area contributed by atoms with E-state index in [2.05, 4.69) is 26.6 Å². The zero-order valence-corrected chi connectivity index (χ0v) is 18.1. The van der Waals surface area contributed by atoms with Crippen LogP contribution in [-0.2, 0) is 13.3 Å². The van der Waals surface area contributed by atoms with Crippen LogP contribution in [0.25, 0.3) is 0 Å². The number of hydrogen-bond donors (Lipinski definition) is 1. The molecule has 0 fully saturated rings. The van der Waals surface area contributed by atoms with Crippen molar-refractivity contribution >= 4 is 29.1 Å². The number of nitro groups is 1. The van der Waals surface area contributed by atoms with Gasteiger partial charge >= 0.3 is 0 Å². The third-order valence-electron chi connectivity index (χ3n) is 4.54. The number of ether oxygens (including phenoxy) is 1. The number of nitrogens with zero attached hydrogens (tertiary/aromatic N) is 6. The third-order valence-corrected chi connectivity index (χ3v) is 4.84. The van der Waals surface area contributed by atoms with Crippen molar-refractivity contribution in [3.63, 3.8) is 0 Å². The Kier molecular flexibility index (Phi) is 6.31. The number of carbonyl (C=O) groups excluding carboxylic acids is 1. The van der Waals surface area contributed by atoms with Gasteiger partial charge in [0.2, 0.25) is 5.95 Å². The lowest BCUT2D eigenvalue weighted by molar-refractivity contribution is -0.384. The van der Waals surface area contributed by atoms with Crippen LogP contribution in [0.3, 0.4) is 0 Å². The highest BCUT2D eigenvalue weighted by atomic mass is 35.5. The summed E-state index contributed by atoms with van der Waals surface area (Å²) in [5.41, 5.74) is 2.23. The van der Waals surface area contributed by atoms with Gasteiger partial charge in [0.05, 0.1) is 16.5 Å². The molecule has 168 valence electrons. The molecule has 12 heteroatoms. The van der Waals surface area contributed by atoms with Crippen LogP contribution in [0.15, 0.2) is 61.1 Å². The van der Waals surface area contributed by atoms with Crippen molar-refractivity contribution in [2.24, 2.45) is 0 Å². The van der Waals surface area contributed by atoms with Crippen molar-refractivity contribution in [1.29, 1.82) is 0 Å². The molecule has 0 bridgehead atoms. The fourth-order valence-corrected chi connectivity index (χ4v) is 3.23. The monoisotopic (exact) mass is 467 g/mol. The first-order valence-electron chi connectivity index (χ1n) is 9.74. The average molecular weight is 468 g/mol. The van der Waals surface area contributed by atoms with E-state index in [-0.39, 0.29) is 34.8 Å². The molecule has 2 heterocycles. The number of anilines is 1. The summed E-state index contributed by atoms with van der Waals surface area (Å²) < 4.78 is 8.54. The number of nitro benzene ring substituents is 1. The predicted octanol–water partition coefficient (Wildman–Crippen LogP) is 3.68. The van der Waals surface area contributed by atoms with E-state index in [0.29, 0.717) is 6.54 Å². The van der Waals surface area contributed by atoms with Gasteiger partial charge in [-0.2, -0.15) is 5.10 Å². The summed E-state index contributed by atoms with van der Waals surface area (Å²) in [5, 5.41) is 21.9. The molecule has 0 atom stereocenters. The Morgan fingerprint density at radius 3 is 2.79 bits per heavy atom. The average Bonchev–Trinajstić information content (AvgIpc) is 3.42. The Bertz CT molecular complexity index is 1320. The van der Waals surface area contributed by atoms with Gasteiger partial charge in [0.25, 0.3) is 11.6 Å². The molecule has 0 aliphatic heterocycles. The number of aryl methyl sites for hydroxylation is 1.